The van der Waals surface area contributed by atoms with E-state index in [-0.39, 0.29) is 17.9 Å². The molecule has 0 spiro atoms. The van der Waals surface area contributed by atoms with E-state index in [9.17, 15) is 9.59 Å². The lowest BCUT2D eigenvalue weighted by Gasteiger charge is -2.14. The van der Waals surface area contributed by atoms with Crippen LogP contribution >= 0.6 is 0 Å². The van der Waals surface area contributed by atoms with Crippen molar-refractivity contribution in [3.8, 4) is 5.75 Å². The summed E-state index contributed by atoms with van der Waals surface area (Å²) >= 11 is 0. The summed E-state index contributed by atoms with van der Waals surface area (Å²) in [5.41, 5.74) is 4.52. The smallest absolute Gasteiger partial charge is 0.335 e. The minimum atomic E-state index is -0.941. The molecule has 1 atom stereocenters. The first kappa shape index (κ1) is 25.8. The first-order valence-electron chi connectivity index (χ1n) is 11.9. The predicted octanol–water partition coefficient (Wildman–Crippen LogP) is 6.79. The molecule has 182 valence electrons. The van der Waals surface area contributed by atoms with E-state index in [0.29, 0.717) is 13.0 Å². The van der Waals surface area contributed by atoms with Crippen LogP contribution < -0.4 is 4.74 Å². The second kappa shape index (κ2) is 13.1. The Morgan fingerprint density at radius 1 is 0.914 bits per heavy atom. The van der Waals surface area contributed by atoms with Crippen LogP contribution in [0.3, 0.4) is 0 Å². The summed E-state index contributed by atoms with van der Waals surface area (Å²) in [7, 11) is 0. The van der Waals surface area contributed by atoms with Crippen molar-refractivity contribution in [3.63, 3.8) is 0 Å². The lowest BCUT2D eigenvalue weighted by Crippen LogP contribution is -2.04. The van der Waals surface area contributed by atoms with E-state index in [2.05, 4.69) is 24.3 Å². The summed E-state index contributed by atoms with van der Waals surface area (Å²) in [6, 6.07) is 23.1. The molecule has 0 radical (unpaired) electrons. The van der Waals surface area contributed by atoms with Crippen LogP contribution in [0.15, 0.2) is 78.9 Å². The van der Waals surface area contributed by atoms with Gasteiger partial charge < -0.3 is 14.9 Å². The van der Waals surface area contributed by atoms with Crippen molar-refractivity contribution in [2.24, 2.45) is 5.92 Å². The number of aliphatic carboxylic acids is 1. The summed E-state index contributed by atoms with van der Waals surface area (Å²) in [4.78, 5) is 22.0. The number of aromatic carboxylic acids is 1. The second-order valence-corrected chi connectivity index (χ2v) is 8.78. The zero-order valence-electron chi connectivity index (χ0n) is 20.0. The van der Waals surface area contributed by atoms with Crippen molar-refractivity contribution in [3.05, 3.63) is 107 Å². The van der Waals surface area contributed by atoms with Crippen molar-refractivity contribution >= 4 is 18.0 Å². The van der Waals surface area contributed by atoms with Crippen molar-refractivity contribution in [2.75, 3.05) is 0 Å². The van der Waals surface area contributed by atoms with Gasteiger partial charge in [-0.2, -0.15) is 0 Å². The molecule has 0 saturated heterocycles. The first-order chi connectivity index (χ1) is 16.9. The molecule has 0 heterocycles. The molecular formula is C30H32O5. The minimum absolute atomic E-state index is 0.166. The quantitative estimate of drug-likeness (QED) is 0.268. The zero-order valence-corrected chi connectivity index (χ0v) is 20.0. The molecule has 0 aliphatic rings. The SMILES string of the molecule is Cc1ccc(C=CC(CCCCC(=O)O)Cc2ccc(C(=O)O)cc2)c(OCc2ccccc2)c1. The maximum atomic E-state index is 11.2. The number of carboxylic acid groups (broad SMARTS) is 2. The summed E-state index contributed by atoms with van der Waals surface area (Å²) in [6.07, 6.45) is 7.43. The fourth-order valence-corrected chi connectivity index (χ4v) is 3.91. The molecular weight excluding hydrogens is 440 g/mol. The molecule has 1 unspecified atom stereocenters. The molecule has 0 aliphatic heterocycles. The van der Waals surface area contributed by atoms with E-state index in [1.54, 1.807) is 12.1 Å². The van der Waals surface area contributed by atoms with Crippen LogP contribution in [0.25, 0.3) is 6.08 Å². The van der Waals surface area contributed by atoms with Crippen molar-refractivity contribution in [1.29, 1.82) is 0 Å². The highest BCUT2D eigenvalue weighted by atomic mass is 16.5. The molecule has 5 heteroatoms. The largest absolute Gasteiger partial charge is 0.488 e. The number of unbranched alkanes of at least 4 members (excludes halogenated alkanes) is 1. The maximum Gasteiger partial charge on any atom is 0.335 e. The van der Waals surface area contributed by atoms with E-state index < -0.39 is 11.9 Å². The summed E-state index contributed by atoms with van der Waals surface area (Å²) < 4.78 is 6.14. The highest BCUT2D eigenvalue weighted by Gasteiger charge is 2.10. The summed E-state index contributed by atoms with van der Waals surface area (Å²) in [6.45, 7) is 2.52. The molecule has 0 fully saturated rings. The van der Waals surface area contributed by atoms with Gasteiger partial charge >= 0.3 is 11.9 Å². The average molecular weight is 473 g/mol. The number of aryl methyl sites for hydroxylation is 1. The highest BCUT2D eigenvalue weighted by Crippen LogP contribution is 2.26. The van der Waals surface area contributed by atoms with Gasteiger partial charge in [0.2, 0.25) is 0 Å². The number of carboxylic acids is 2. The molecule has 0 saturated carbocycles. The highest BCUT2D eigenvalue weighted by molar-refractivity contribution is 5.87. The van der Waals surface area contributed by atoms with E-state index in [0.717, 1.165) is 47.3 Å². The third kappa shape index (κ3) is 8.78. The van der Waals surface area contributed by atoms with Gasteiger partial charge in [-0.05, 0) is 67.0 Å². The molecule has 0 bridgehead atoms. The Morgan fingerprint density at radius 2 is 1.66 bits per heavy atom. The van der Waals surface area contributed by atoms with Gasteiger partial charge in [-0.25, -0.2) is 4.79 Å². The molecule has 5 nitrogen and oxygen atoms in total. The van der Waals surface area contributed by atoms with Crippen LogP contribution in [0, 0.1) is 12.8 Å². The van der Waals surface area contributed by atoms with Crippen LogP contribution in [-0.4, -0.2) is 22.2 Å². The summed E-state index contributed by atoms with van der Waals surface area (Å²) in [5.74, 6) is -0.714. The third-order valence-corrected chi connectivity index (χ3v) is 5.87. The molecule has 2 N–H and O–H groups in total. The molecule has 0 amide bonds. The Kier molecular flexibility index (Phi) is 9.67. The molecule has 3 aromatic carbocycles. The Hall–Kier alpha value is -3.86. The van der Waals surface area contributed by atoms with Gasteiger partial charge in [-0.3, -0.25) is 4.79 Å². The number of carbonyl (C=O) groups is 2. The van der Waals surface area contributed by atoms with Crippen LogP contribution in [0.4, 0.5) is 0 Å². The number of ether oxygens (including phenoxy) is 1. The fraction of sp³-hybridized carbons (Fsp3) is 0.267. The maximum absolute atomic E-state index is 11.2. The zero-order chi connectivity index (χ0) is 25.0. The Morgan fingerprint density at radius 3 is 2.34 bits per heavy atom. The monoisotopic (exact) mass is 472 g/mol. The van der Waals surface area contributed by atoms with Gasteiger partial charge in [0.1, 0.15) is 12.4 Å². The van der Waals surface area contributed by atoms with E-state index in [1.165, 1.54) is 0 Å². The number of allylic oxidation sites excluding steroid dienone is 1. The fourth-order valence-electron chi connectivity index (χ4n) is 3.91. The normalized spacial score (nSPS) is 11.9. The topological polar surface area (TPSA) is 83.8 Å². The van der Waals surface area contributed by atoms with Gasteiger partial charge in [0.05, 0.1) is 5.56 Å². The Balaban J connectivity index is 1.74. The number of hydrogen-bond donors (Lipinski definition) is 2. The number of benzene rings is 3. The van der Waals surface area contributed by atoms with E-state index in [4.69, 9.17) is 14.9 Å². The van der Waals surface area contributed by atoms with Crippen LogP contribution in [0.5, 0.6) is 5.75 Å². The van der Waals surface area contributed by atoms with Crippen molar-refractivity contribution < 1.29 is 24.5 Å². The van der Waals surface area contributed by atoms with E-state index >= 15 is 0 Å². The molecule has 3 rings (SSSR count). The minimum Gasteiger partial charge on any atom is -0.488 e. The molecule has 0 aromatic heterocycles. The van der Waals surface area contributed by atoms with E-state index in [1.807, 2.05) is 55.5 Å². The molecule has 3 aromatic rings. The second-order valence-electron chi connectivity index (χ2n) is 8.78. The van der Waals surface area contributed by atoms with Gasteiger partial charge in [0.25, 0.3) is 0 Å². The molecule has 0 aliphatic carbocycles. The number of hydrogen-bond acceptors (Lipinski definition) is 3. The summed E-state index contributed by atoms with van der Waals surface area (Å²) in [5, 5.41) is 18.1. The third-order valence-electron chi connectivity index (χ3n) is 5.87. The van der Waals surface area contributed by atoms with Crippen LogP contribution in [-0.2, 0) is 17.8 Å². The Bertz CT molecular complexity index is 1130. The lowest BCUT2D eigenvalue weighted by atomic mass is 9.92. The van der Waals surface area contributed by atoms with Crippen molar-refractivity contribution in [2.45, 2.75) is 45.6 Å². The number of rotatable bonds is 13. The predicted molar refractivity (Wildman–Crippen MR) is 138 cm³/mol. The van der Waals surface area contributed by atoms with Crippen LogP contribution in [0.1, 0.15) is 58.3 Å². The van der Waals surface area contributed by atoms with Gasteiger partial charge in [-0.1, -0.05) is 73.2 Å². The van der Waals surface area contributed by atoms with Gasteiger partial charge in [0.15, 0.2) is 0 Å². The molecule has 35 heavy (non-hydrogen) atoms. The van der Waals surface area contributed by atoms with Crippen molar-refractivity contribution in [1.82, 2.24) is 0 Å². The van der Waals surface area contributed by atoms with Gasteiger partial charge in [-0.15, -0.1) is 0 Å². The standard InChI is InChI=1S/C30H32O5/c1-22-11-15-26(28(19-22)35-21-25-8-3-2-4-9-25)16-12-23(7-5-6-10-29(31)32)20-24-13-17-27(18-14-24)30(33)34/h2-4,8-9,11-19,23H,5-7,10,20-21H2,1H3,(H,31,32)(H,33,34). The Labute approximate surface area is 206 Å². The van der Waals surface area contributed by atoms with Gasteiger partial charge in [0, 0.05) is 12.0 Å². The first-order valence-corrected chi connectivity index (χ1v) is 11.9. The average Bonchev–Trinajstić information content (AvgIpc) is 2.85. The van der Waals surface area contributed by atoms with Crippen LogP contribution in [0.2, 0.25) is 0 Å². The lowest BCUT2D eigenvalue weighted by molar-refractivity contribution is -0.137.